The van der Waals surface area contributed by atoms with Gasteiger partial charge in [0.05, 0.1) is 24.4 Å². The van der Waals surface area contributed by atoms with Crippen LogP contribution in [-0.2, 0) is 17.8 Å². The zero-order valence-corrected chi connectivity index (χ0v) is 15.8. The molecule has 3 aromatic rings. The van der Waals surface area contributed by atoms with Crippen molar-refractivity contribution >= 4 is 5.91 Å². The summed E-state index contributed by atoms with van der Waals surface area (Å²) in [6, 6.07) is 14.0. The minimum atomic E-state index is -0.0290. The van der Waals surface area contributed by atoms with Crippen LogP contribution in [-0.4, -0.2) is 44.8 Å². The lowest BCUT2D eigenvalue weighted by Crippen LogP contribution is -2.36. The lowest BCUT2D eigenvalue weighted by atomic mass is 10.2. The molecule has 1 saturated heterocycles. The van der Waals surface area contributed by atoms with Gasteiger partial charge in [-0.2, -0.15) is 5.10 Å². The minimum absolute atomic E-state index is 0.0290. The molecule has 0 bridgehead atoms. The molecule has 3 heterocycles. The molecule has 1 fully saturated rings. The number of amides is 1. The van der Waals surface area contributed by atoms with Gasteiger partial charge >= 0.3 is 0 Å². The standard InChI is InChI=1S/C22H24N4O2/c27-22(20-13-24-26(16-20)15-18-6-2-1-3-7-18)25(17-21-9-5-11-28-21)14-19-8-4-10-23-12-19/h1-4,6-8,10,12-13,16,21H,5,9,11,14-15,17H2. The number of aromatic nitrogens is 3. The molecule has 0 saturated carbocycles. The van der Waals surface area contributed by atoms with E-state index < -0.39 is 0 Å². The van der Waals surface area contributed by atoms with Crippen molar-refractivity contribution in [2.24, 2.45) is 0 Å². The molecule has 1 aliphatic heterocycles. The number of carbonyl (C=O) groups excluding carboxylic acids is 1. The maximum atomic E-state index is 13.2. The predicted octanol–water partition coefficient (Wildman–Crippen LogP) is 3.15. The summed E-state index contributed by atoms with van der Waals surface area (Å²) >= 11 is 0. The Morgan fingerprint density at radius 2 is 2.00 bits per heavy atom. The van der Waals surface area contributed by atoms with E-state index >= 15 is 0 Å². The van der Waals surface area contributed by atoms with Gasteiger partial charge in [-0.15, -0.1) is 0 Å². The van der Waals surface area contributed by atoms with E-state index in [0.29, 0.717) is 25.2 Å². The van der Waals surface area contributed by atoms with Crippen LogP contribution in [0.4, 0.5) is 0 Å². The largest absolute Gasteiger partial charge is 0.376 e. The first-order valence-corrected chi connectivity index (χ1v) is 9.64. The third-order valence-corrected chi connectivity index (χ3v) is 4.90. The van der Waals surface area contributed by atoms with Crippen molar-refractivity contribution in [1.82, 2.24) is 19.7 Å². The van der Waals surface area contributed by atoms with Gasteiger partial charge in [0, 0.05) is 38.3 Å². The zero-order chi connectivity index (χ0) is 19.2. The molecule has 2 aromatic heterocycles. The molecule has 4 rings (SSSR count). The van der Waals surface area contributed by atoms with Crippen molar-refractivity contribution in [1.29, 1.82) is 0 Å². The lowest BCUT2D eigenvalue weighted by molar-refractivity contribution is 0.0507. The molecule has 1 aromatic carbocycles. The Kier molecular flexibility index (Phi) is 5.77. The summed E-state index contributed by atoms with van der Waals surface area (Å²) in [5, 5.41) is 4.38. The molecule has 1 unspecified atom stereocenters. The number of hydrogen-bond donors (Lipinski definition) is 0. The molecule has 144 valence electrons. The van der Waals surface area contributed by atoms with Crippen molar-refractivity contribution in [2.75, 3.05) is 13.2 Å². The van der Waals surface area contributed by atoms with Gasteiger partial charge in [-0.3, -0.25) is 14.5 Å². The average Bonchev–Trinajstić information content (AvgIpc) is 3.41. The Morgan fingerprint density at radius 3 is 2.75 bits per heavy atom. The first kappa shape index (κ1) is 18.4. The highest BCUT2D eigenvalue weighted by atomic mass is 16.5. The molecule has 0 spiro atoms. The Labute approximate surface area is 164 Å². The minimum Gasteiger partial charge on any atom is -0.376 e. The van der Waals surface area contributed by atoms with E-state index in [1.54, 1.807) is 23.3 Å². The Balaban J connectivity index is 1.49. The van der Waals surface area contributed by atoms with Gasteiger partial charge in [-0.1, -0.05) is 36.4 Å². The monoisotopic (exact) mass is 376 g/mol. The summed E-state index contributed by atoms with van der Waals surface area (Å²) in [6.45, 7) is 2.51. The molecule has 6 nitrogen and oxygen atoms in total. The first-order chi connectivity index (χ1) is 13.8. The van der Waals surface area contributed by atoms with E-state index in [4.69, 9.17) is 4.74 Å². The molecular formula is C22H24N4O2. The summed E-state index contributed by atoms with van der Waals surface area (Å²) in [6.07, 6.45) is 9.15. The molecule has 1 atom stereocenters. The normalized spacial score (nSPS) is 16.2. The van der Waals surface area contributed by atoms with Gasteiger partial charge in [-0.05, 0) is 30.0 Å². The fourth-order valence-corrected chi connectivity index (χ4v) is 3.48. The van der Waals surface area contributed by atoms with Gasteiger partial charge in [-0.25, -0.2) is 0 Å². The molecule has 0 aliphatic carbocycles. The summed E-state index contributed by atoms with van der Waals surface area (Å²) < 4.78 is 7.56. The number of rotatable bonds is 7. The van der Waals surface area contributed by atoms with Crippen molar-refractivity contribution in [3.63, 3.8) is 0 Å². The number of hydrogen-bond acceptors (Lipinski definition) is 4. The van der Waals surface area contributed by atoms with E-state index in [1.165, 1.54) is 0 Å². The zero-order valence-electron chi connectivity index (χ0n) is 15.8. The molecule has 28 heavy (non-hydrogen) atoms. The third kappa shape index (κ3) is 4.64. The molecule has 0 radical (unpaired) electrons. The van der Waals surface area contributed by atoms with E-state index in [-0.39, 0.29) is 12.0 Å². The first-order valence-electron chi connectivity index (χ1n) is 9.64. The maximum Gasteiger partial charge on any atom is 0.257 e. The van der Waals surface area contributed by atoms with Crippen LogP contribution in [0.15, 0.2) is 67.3 Å². The second-order valence-electron chi connectivity index (χ2n) is 7.09. The summed E-state index contributed by atoms with van der Waals surface area (Å²) in [4.78, 5) is 19.2. The second kappa shape index (κ2) is 8.80. The van der Waals surface area contributed by atoms with E-state index in [2.05, 4.69) is 22.2 Å². The van der Waals surface area contributed by atoms with Crippen LogP contribution in [0.25, 0.3) is 0 Å². The number of ether oxygens (including phenoxy) is 1. The SMILES string of the molecule is O=C(c1cnn(Cc2ccccc2)c1)N(Cc1cccnc1)CC1CCCO1. The molecular weight excluding hydrogens is 352 g/mol. The third-order valence-electron chi connectivity index (χ3n) is 4.90. The smallest absolute Gasteiger partial charge is 0.257 e. The topological polar surface area (TPSA) is 60.2 Å². The van der Waals surface area contributed by atoms with Crippen LogP contribution >= 0.6 is 0 Å². The molecule has 0 N–H and O–H groups in total. The Bertz CT molecular complexity index is 889. The predicted molar refractivity (Wildman–Crippen MR) is 106 cm³/mol. The number of benzene rings is 1. The van der Waals surface area contributed by atoms with Gasteiger partial charge in [0.2, 0.25) is 0 Å². The number of nitrogens with zero attached hydrogens (tertiary/aromatic N) is 4. The van der Waals surface area contributed by atoms with Crippen LogP contribution in [0.5, 0.6) is 0 Å². The van der Waals surface area contributed by atoms with Gasteiger partial charge in [0.25, 0.3) is 5.91 Å². The molecule has 6 heteroatoms. The maximum absolute atomic E-state index is 13.2. The Hall–Kier alpha value is -2.99. The highest BCUT2D eigenvalue weighted by molar-refractivity contribution is 5.93. The van der Waals surface area contributed by atoms with E-state index in [1.807, 2.05) is 41.4 Å². The lowest BCUT2D eigenvalue weighted by Gasteiger charge is -2.25. The van der Waals surface area contributed by atoms with E-state index in [9.17, 15) is 4.79 Å². The van der Waals surface area contributed by atoms with Crippen molar-refractivity contribution < 1.29 is 9.53 Å². The van der Waals surface area contributed by atoms with Gasteiger partial charge in [0.1, 0.15) is 0 Å². The average molecular weight is 376 g/mol. The Morgan fingerprint density at radius 1 is 1.14 bits per heavy atom. The molecule has 1 aliphatic rings. The van der Waals surface area contributed by atoms with Crippen molar-refractivity contribution in [3.05, 3.63) is 83.9 Å². The quantitative estimate of drug-likeness (QED) is 0.636. The van der Waals surface area contributed by atoms with Crippen LogP contribution in [0.2, 0.25) is 0 Å². The van der Waals surface area contributed by atoms with Gasteiger partial charge in [0.15, 0.2) is 0 Å². The number of carbonyl (C=O) groups is 1. The van der Waals surface area contributed by atoms with Crippen LogP contribution in [0.3, 0.4) is 0 Å². The van der Waals surface area contributed by atoms with Gasteiger partial charge < -0.3 is 9.64 Å². The van der Waals surface area contributed by atoms with Crippen LogP contribution in [0.1, 0.15) is 34.3 Å². The second-order valence-corrected chi connectivity index (χ2v) is 7.09. The van der Waals surface area contributed by atoms with Crippen LogP contribution < -0.4 is 0 Å². The molecule has 1 amide bonds. The van der Waals surface area contributed by atoms with Crippen LogP contribution in [0, 0.1) is 0 Å². The summed E-state index contributed by atoms with van der Waals surface area (Å²) in [5.74, 6) is -0.0290. The highest BCUT2D eigenvalue weighted by Crippen LogP contribution is 2.17. The summed E-state index contributed by atoms with van der Waals surface area (Å²) in [5.41, 5.74) is 2.75. The fraction of sp³-hybridized carbons (Fsp3) is 0.318. The fourth-order valence-electron chi connectivity index (χ4n) is 3.48. The highest BCUT2D eigenvalue weighted by Gasteiger charge is 2.24. The summed E-state index contributed by atoms with van der Waals surface area (Å²) in [7, 11) is 0. The van der Waals surface area contributed by atoms with Crippen molar-refractivity contribution in [2.45, 2.75) is 32.0 Å². The van der Waals surface area contributed by atoms with E-state index in [0.717, 1.165) is 30.6 Å². The van der Waals surface area contributed by atoms with Crippen molar-refractivity contribution in [3.8, 4) is 0 Å². The number of pyridine rings is 1.